The van der Waals surface area contributed by atoms with Crippen LogP contribution >= 0.6 is 0 Å². The van der Waals surface area contributed by atoms with Gasteiger partial charge in [0.25, 0.3) is 0 Å². The summed E-state index contributed by atoms with van der Waals surface area (Å²) < 4.78 is 0.947. The monoisotopic (exact) mass is 219 g/mol. The van der Waals surface area contributed by atoms with Gasteiger partial charge in [0.1, 0.15) is 0 Å². The minimum Gasteiger partial charge on any atom is -0.623 e. The Kier molecular flexibility index (Phi) is 2.31. The molecule has 1 aliphatic rings. The van der Waals surface area contributed by atoms with Gasteiger partial charge in [-0.2, -0.15) is 0 Å². The summed E-state index contributed by atoms with van der Waals surface area (Å²) in [7, 11) is 0. The first-order valence-corrected chi connectivity index (χ1v) is 5.47. The Morgan fingerprint density at radius 3 is 2.19 bits per heavy atom. The molecule has 86 valence electrons. The molecule has 0 aliphatic carbocycles. The fourth-order valence-electron chi connectivity index (χ4n) is 2.54. The topological polar surface area (TPSA) is 46.3 Å². The van der Waals surface area contributed by atoms with Crippen LogP contribution in [-0.4, -0.2) is 26.7 Å². The highest BCUT2D eigenvalue weighted by atomic mass is 16.5. The van der Waals surface area contributed by atoms with E-state index in [9.17, 15) is 10.3 Å². The minimum absolute atomic E-state index is 0.452. The van der Waals surface area contributed by atoms with Crippen LogP contribution in [0.3, 0.4) is 0 Å². The zero-order valence-electron chi connectivity index (χ0n) is 9.90. The minimum atomic E-state index is -1.05. The van der Waals surface area contributed by atoms with Gasteiger partial charge in [-0.05, 0) is 19.1 Å². The van der Waals surface area contributed by atoms with Gasteiger partial charge in [-0.15, -0.1) is 0 Å². The van der Waals surface area contributed by atoms with Crippen LogP contribution in [0.1, 0.15) is 32.8 Å². The third-order valence-corrected chi connectivity index (χ3v) is 3.09. The summed E-state index contributed by atoms with van der Waals surface area (Å²) in [5.41, 5.74) is -0.326. The van der Waals surface area contributed by atoms with Crippen molar-refractivity contribution < 1.29 is 9.85 Å². The fourth-order valence-corrected chi connectivity index (χ4v) is 2.54. The lowest BCUT2D eigenvalue weighted by Crippen LogP contribution is -2.34. The smallest absolute Gasteiger partial charge is 0.226 e. The third-order valence-electron chi connectivity index (χ3n) is 3.09. The molecule has 16 heavy (non-hydrogen) atoms. The van der Waals surface area contributed by atoms with Gasteiger partial charge in [0.15, 0.2) is 11.1 Å². The summed E-state index contributed by atoms with van der Waals surface area (Å²) in [6, 6.07) is 9.36. The quantitative estimate of drug-likeness (QED) is 0.579. The molecule has 0 spiro atoms. The Morgan fingerprint density at radius 1 is 1.19 bits per heavy atom. The molecule has 2 rings (SSSR count). The zero-order chi connectivity index (χ0) is 12.0. The first-order valence-electron chi connectivity index (χ1n) is 5.47. The zero-order valence-corrected chi connectivity index (χ0v) is 9.90. The maximum absolute atomic E-state index is 12.2. The predicted octanol–water partition coefficient (Wildman–Crippen LogP) is 1.92. The van der Waals surface area contributed by atoms with Gasteiger partial charge in [0.2, 0.25) is 5.71 Å². The van der Waals surface area contributed by atoms with Crippen LogP contribution in [0.2, 0.25) is 0 Å². The SMILES string of the molecule is CC1(O)CC(C)(C)[N+]([O-])=C1c1ccccc1. The molecule has 0 amide bonds. The van der Waals surface area contributed by atoms with E-state index < -0.39 is 11.1 Å². The molecule has 3 heteroatoms. The highest BCUT2D eigenvalue weighted by Gasteiger charge is 2.51. The highest BCUT2D eigenvalue weighted by Crippen LogP contribution is 2.34. The van der Waals surface area contributed by atoms with Crippen molar-refractivity contribution in [3.05, 3.63) is 41.1 Å². The summed E-state index contributed by atoms with van der Waals surface area (Å²) in [6.45, 7) is 5.41. The number of hydrogen-bond donors (Lipinski definition) is 1. The number of rotatable bonds is 1. The van der Waals surface area contributed by atoms with E-state index in [2.05, 4.69) is 0 Å². The molecule has 0 bridgehead atoms. The Labute approximate surface area is 95.6 Å². The van der Waals surface area contributed by atoms with Crippen molar-refractivity contribution in [2.45, 2.75) is 38.3 Å². The van der Waals surface area contributed by atoms with E-state index >= 15 is 0 Å². The third kappa shape index (κ3) is 1.61. The van der Waals surface area contributed by atoms with E-state index in [1.807, 2.05) is 44.2 Å². The lowest BCUT2D eigenvalue weighted by molar-refractivity contribution is -0.530. The predicted molar refractivity (Wildman–Crippen MR) is 63.5 cm³/mol. The van der Waals surface area contributed by atoms with Crippen molar-refractivity contribution in [2.24, 2.45) is 0 Å². The van der Waals surface area contributed by atoms with Crippen molar-refractivity contribution in [3.63, 3.8) is 0 Å². The Bertz CT molecular complexity index is 433. The number of hydroxylamine groups is 1. The first kappa shape index (κ1) is 11.1. The second-order valence-corrected chi connectivity index (χ2v) is 5.27. The second kappa shape index (κ2) is 3.32. The molecular formula is C13H17NO2. The van der Waals surface area contributed by atoms with Gasteiger partial charge >= 0.3 is 0 Å². The van der Waals surface area contributed by atoms with Gasteiger partial charge in [0.05, 0.1) is 6.42 Å². The molecule has 0 aromatic heterocycles. The van der Waals surface area contributed by atoms with Crippen molar-refractivity contribution in [1.29, 1.82) is 0 Å². The standard InChI is InChI=1S/C13H17NO2/c1-12(2)9-13(3,15)11(14(12)16)10-7-5-4-6-8-10/h4-8,15H,9H2,1-3H3. The van der Waals surface area contributed by atoms with Crippen LogP contribution in [0.4, 0.5) is 0 Å². The molecule has 0 saturated carbocycles. The van der Waals surface area contributed by atoms with Crippen molar-refractivity contribution >= 4 is 5.71 Å². The molecule has 3 nitrogen and oxygen atoms in total. The van der Waals surface area contributed by atoms with E-state index in [-0.39, 0.29) is 0 Å². The molecule has 1 N–H and O–H groups in total. The summed E-state index contributed by atoms with van der Waals surface area (Å²) in [6.07, 6.45) is 0.452. The van der Waals surface area contributed by atoms with Crippen molar-refractivity contribution in [3.8, 4) is 0 Å². The summed E-state index contributed by atoms with van der Waals surface area (Å²) in [5, 5.41) is 22.5. The number of hydrogen-bond acceptors (Lipinski definition) is 2. The summed E-state index contributed by atoms with van der Waals surface area (Å²) in [4.78, 5) is 0. The Hall–Kier alpha value is -1.35. The largest absolute Gasteiger partial charge is 0.623 e. The lowest BCUT2D eigenvalue weighted by Gasteiger charge is -2.18. The molecular weight excluding hydrogens is 202 g/mol. The number of aliphatic hydroxyl groups is 1. The van der Waals surface area contributed by atoms with Crippen LogP contribution in [0.5, 0.6) is 0 Å². The molecule has 1 aromatic rings. The maximum atomic E-state index is 12.2. The van der Waals surface area contributed by atoms with Gasteiger partial charge in [-0.3, -0.25) is 0 Å². The molecule has 0 fully saturated rings. The average molecular weight is 219 g/mol. The van der Waals surface area contributed by atoms with Crippen LogP contribution in [0, 0.1) is 5.21 Å². The van der Waals surface area contributed by atoms with Crippen LogP contribution < -0.4 is 0 Å². The van der Waals surface area contributed by atoms with Gasteiger partial charge in [-0.25, -0.2) is 4.74 Å². The van der Waals surface area contributed by atoms with E-state index in [0.717, 1.165) is 10.3 Å². The molecule has 1 aliphatic heterocycles. The highest BCUT2D eigenvalue weighted by molar-refractivity contribution is 6.03. The Morgan fingerprint density at radius 2 is 1.75 bits per heavy atom. The molecule has 1 aromatic carbocycles. The molecule has 1 atom stereocenters. The summed E-state index contributed by atoms with van der Waals surface area (Å²) in [5.74, 6) is 0. The van der Waals surface area contributed by atoms with E-state index in [0.29, 0.717) is 12.1 Å². The van der Waals surface area contributed by atoms with Crippen LogP contribution in [0.25, 0.3) is 0 Å². The number of nitrogens with zero attached hydrogens (tertiary/aromatic N) is 1. The number of benzene rings is 1. The molecule has 1 heterocycles. The summed E-state index contributed by atoms with van der Waals surface area (Å²) >= 11 is 0. The van der Waals surface area contributed by atoms with E-state index in [1.54, 1.807) is 6.92 Å². The van der Waals surface area contributed by atoms with Crippen molar-refractivity contribution in [1.82, 2.24) is 0 Å². The average Bonchev–Trinajstić information content (AvgIpc) is 2.33. The molecule has 0 saturated heterocycles. The lowest BCUT2D eigenvalue weighted by atomic mass is 9.88. The van der Waals surface area contributed by atoms with Gasteiger partial charge < -0.3 is 10.3 Å². The van der Waals surface area contributed by atoms with Gasteiger partial charge in [0, 0.05) is 19.4 Å². The normalized spacial score (nSPS) is 28.5. The van der Waals surface area contributed by atoms with Gasteiger partial charge in [-0.1, -0.05) is 18.2 Å². The van der Waals surface area contributed by atoms with E-state index in [4.69, 9.17) is 0 Å². The Balaban J connectivity index is 2.58. The molecule has 1 unspecified atom stereocenters. The van der Waals surface area contributed by atoms with Crippen molar-refractivity contribution in [2.75, 3.05) is 0 Å². The second-order valence-electron chi connectivity index (χ2n) is 5.27. The van der Waals surface area contributed by atoms with E-state index in [1.165, 1.54) is 0 Å². The van der Waals surface area contributed by atoms with Crippen LogP contribution in [-0.2, 0) is 0 Å². The maximum Gasteiger partial charge on any atom is 0.226 e. The molecule has 0 radical (unpaired) electrons. The van der Waals surface area contributed by atoms with Crippen LogP contribution in [0.15, 0.2) is 30.3 Å². The first-order chi connectivity index (χ1) is 7.34. The fraction of sp³-hybridized carbons (Fsp3) is 0.462.